The molecular formula is C12H25NO2. The van der Waals surface area contributed by atoms with Crippen LogP contribution in [0.15, 0.2) is 0 Å². The molecular weight excluding hydrogens is 190 g/mol. The molecule has 0 radical (unpaired) electrons. The second-order valence-electron chi connectivity index (χ2n) is 4.90. The van der Waals surface area contributed by atoms with Crippen molar-refractivity contribution >= 4 is 5.91 Å². The third-order valence-electron chi connectivity index (χ3n) is 1.98. The molecule has 90 valence electrons. The minimum atomic E-state index is -0.308. The Hall–Kier alpha value is -0.570. The van der Waals surface area contributed by atoms with Crippen molar-refractivity contribution in [3.63, 3.8) is 0 Å². The summed E-state index contributed by atoms with van der Waals surface area (Å²) in [7, 11) is 0. The van der Waals surface area contributed by atoms with Gasteiger partial charge in [0.05, 0.1) is 5.60 Å². The number of hydrogen-bond donors (Lipinski definition) is 1. The Labute approximate surface area is 93.5 Å². The molecule has 0 aliphatic rings. The van der Waals surface area contributed by atoms with Crippen LogP contribution in [-0.4, -0.2) is 11.5 Å². The van der Waals surface area contributed by atoms with E-state index in [9.17, 15) is 4.79 Å². The largest absolute Gasteiger partial charge is 0.273 e. The summed E-state index contributed by atoms with van der Waals surface area (Å²) in [5.41, 5.74) is 2.17. The molecule has 3 heteroatoms. The molecule has 0 fully saturated rings. The monoisotopic (exact) mass is 215 g/mol. The first kappa shape index (κ1) is 14.4. The Kier molecular flexibility index (Phi) is 7.39. The number of carbonyl (C=O) groups excluding carboxylic acids is 1. The highest BCUT2D eigenvalue weighted by molar-refractivity contribution is 5.74. The lowest BCUT2D eigenvalue weighted by Gasteiger charge is -2.18. The van der Waals surface area contributed by atoms with Gasteiger partial charge in [0, 0.05) is 6.42 Å². The van der Waals surface area contributed by atoms with E-state index in [4.69, 9.17) is 4.84 Å². The SMILES string of the molecule is CCCCCCCC(=O)NOC(C)(C)C. The summed E-state index contributed by atoms with van der Waals surface area (Å²) >= 11 is 0. The van der Waals surface area contributed by atoms with E-state index in [1.54, 1.807) is 0 Å². The summed E-state index contributed by atoms with van der Waals surface area (Å²) in [5, 5.41) is 0. The van der Waals surface area contributed by atoms with Gasteiger partial charge in [-0.2, -0.15) is 0 Å². The van der Waals surface area contributed by atoms with Gasteiger partial charge < -0.3 is 0 Å². The number of nitrogens with one attached hydrogen (secondary N) is 1. The first-order chi connectivity index (χ1) is 6.95. The first-order valence-electron chi connectivity index (χ1n) is 5.92. The van der Waals surface area contributed by atoms with E-state index in [1.165, 1.54) is 19.3 Å². The molecule has 0 aliphatic heterocycles. The Morgan fingerprint density at radius 3 is 2.27 bits per heavy atom. The van der Waals surface area contributed by atoms with E-state index < -0.39 is 0 Å². The zero-order valence-corrected chi connectivity index (χ0v) is 10.6. The minimum Gasteiger partial charge on any atom is -0.273 e. The second-order valence-corrected chi connectivity index (χ2v) is 4.90. The van der Waals surface area contributed by atoms with Crippen molar-refractivity contribution < 1.29 is 9.63 Å². The quantitative estimate of drug-likeness (QED) is 0.523. The minimum absolute atomic E-state index is 0.0126. The van der Waals surface area contributed by atoms with Crippen LogP contribution in [0.3, 0.4) is 0 Å². The average Bonchev–Trinajstić information content (AvgIpc) is 2.13. The number of unbranched alkanes of at least 4 members (excludes halogenated alkanes) is 4. The Bertz CT molecular complexity index is 173. The van der Waals surface area contributed by atoms with Crippen LogP contribution in [0.2, 0.25) is 0 Å². The third kappa shape index (κ3) is 11.4. The number of hydroxylamine groups is 1. The molecule has 0 saturated heterocycles. The van der Waals surface area contributed by atoms with Crippen molar-refractivity contribution in [3.8, 4) is 0 Å². The van der Waals surface area contributed by atoms with Gasteiger partial charge in [0.15, 0.2) is 0 Å². The van der Waals surface area contributed by atoms with Crippen LogP contribution in [0.4, 0.5) is 0 Å². The lowest BCUT2D eigenvalue weighted by Crippen LogP contribution is -2.33. The molecule has 1 N–H and O–H groups in total. The molecule has 3 nitrogen and oxygen atoms in total. The molecule has 0 bridgehead atoms. The smallest absolute Gasteiger partial charge is 0.243 e. The Morgan fingerprint density at radius 1 is 1.13 bits per heavy atom. The van der Waals surface area contributed by atoms with Gasteiger partial charge in [0.1, 0.15) is 0 Å². The lowest BCUT2D eigenvalue weighted by molar-refractivity contribution is -0.145. The van der Waals surface area contributed by atoms with Gasteiger partial charge in [-0.25, -0.2) is 5.48 Å². The van der Waals surface area contributed by atoms with Gasteiger partial charge >= 0.3 is 0 Å². The summed E-state index contributed by atoms with van der Waals surface area (Å²) in [4.78, 5) is 16.5. The lowest BCUT2D eigenvalue weighted by atomic mass is 10.1. The van der Waals surface area contributed by atoms with Crippen LogP contribution in [0.25, 0.3) is 0 Å². The summed E-state index contributed by atoms with van der Waals surface area (Å²) in [6.07, 6.45) is 6.39. The Balaban J connectivity index is 3.34. The van der Waals surface area contributed by atoms with E-state index in [1.807, 2.05) is 20.8 Å². The van der Waals surface area contributed by atoms with Crippen LogP contribution in [-0.2, 0) is 9.63 Å². The summed E-state index contributed by atoms with van der Waals surface area (Å²) < 4.78 is 0. The molecule has 0 aromatic rings. The topological polar surface area (TPSA) is 38.3 Å². The number of amides is 1. The summed E-state index contributed by atoms with van der Waals surface area (Å²) in [5.74, 6) is -0.0126. The van der Waals surface area contributed by atoms with Crippen LogP contribution in [0.1, 0.15) is 66.2 Å². The maximum Gasteiger partial charge on any atom is 0.243 e. The highest BCUT2D eigenvalue weighted by Crippen LogP contribution is 2.06. The van der Waals surface area contributed by atoms with E-state index in [2.05, 4.69) is 12.4 Å². The van der Waals surface area contributed by atoms with Crippen molar-refractivity contribution in [1.82, 2.24) is 5.48 Å². The predicted molar refractivity (Wildman–Crippen MR) is 62.4 cm³/mol. The van der Waals surface area contributed by atoms with E-state index in [-0.39, 0.29) is 11.5 Å². The molecule has 0 aliphatic carbocycles. The Morgan fingerprint density at radius 2 is 1.73 bits per heavy atom. The fourth-order valence-electron chi connectivity index (χ4n) is 1.15. The van der Waals surface area contributed by atoms with E-state index in [0.717, 1.165) is 12.8 Å². The van der Waals surface area contributed by atoms with Crippen molar-refractivity contribution in [3.05, 3.63) is 0 Å². The number of rotatable bonds is 7. The van der Waals surface area contributed by atoms with Crippen molar-refractivity contribution in [2.45, 2.75) is 71.8 Å². The highest BCUT2D eigenvalue weighted by atomic mass is 16.7. The molecule has 0 rings (SSSR count). The zero-order chi connectivity index (χ0) is 11.7. The fourth-order valence-corrected chi connectivity index (χ4v) is 1.15. The van der Waals surface area contributed by atoms with Gasteiger partial charge in [-0.05, 0) is 27.2 Å². The first-order valence-corrected chi connectivity index (χ1v) is 5.92. The molecule has 0 spiro atoms. The maximum atomic E-state index is 11.3. The highest BCUT2D eigenvalue weighted by Gasteiger charge is 2.12. The standard InChI is InChI=1S/C12H25NO2/c1-5-6-7-8-9-10-11(14)13-15-12(2,3)4/h5-10H2,1-4H3,(H,13,14). The zero-order valence-electron chi connectivity index (χ0n) is 10.6. The maximum absolute atomic E-state index is 11.3. The fraction of sp³-hybridized carbons (Fsp3) is 0.917. The van der Waals surface area contributed by atoms with Gasteiger partial charge in [0.2, 0.25) is 5.91 Å². The van der Waals surface area contributed by atoms with Crippen molar-refractivity contribution in [2.24, 2.45) is 0 Å². The second kappa shape index (κ2) is 7.69. The molecule has 0 aromatic carbocycles. The van der Waals surface area contributed by atoms with Crippen molar-refractivity contribution in [1.29, 1.82) is 0 Å². The predicted octanol–water partition coefficient (Wildman–Crippen LogP) is 3.19. The van der Waals surface area contributed by atoms with E-state index in [0.29, 0.717) is 6.42 Å². The third-order valence-corrected chi connectivity index (χ3v) is 1.98. The van der Waals surface area contributed by atoms with Gasteiger partial charge in [-0.1, -0.05) is 32.6 Å². The summed E-state index contributed by atoms with van der Waals surface area (Å²) in [6, 6.07) is 0. The number of carbonyl (C=O) groups is 1. The average molecular weight is 215 g/mol. The normalized spacial score (nSPS) is 11.5. The molecule has 1 amide bonds. The number of hydrogen-bond acceptors (Lipinski definition) is 2. The van der Waals surface area contributed by atoms with Gasteiger partial charge in [0.25, 0.3) is 0 Å². The van der Waals surface area contributed by atoms with Crippen molar-refractivity contribution in [2.75, 3.05) is 0 Å². The van der Waals surface area contributed by atoms with Crippen LogP contribution < -0.4 is 5.48 Å². The van der Waals surface area contributed by atoms with E-state index >= 15 is 0 Å². The van der Waals surface area contributed by atoms with Gasteiger partial charge in [-0.3, -0.25) is 9.63 Å². The molecule has 15 heavy (non-hydrogen) atoms. The van der Waals surface area contributed by atoms with Crippen LogP contribution >= 0.6 is 0 Å². The van der Waals surface area contributed by atoms with Crippen LogP contribution in [0, 0.1) is 0 Å². The molecule has 0 unspecified atom stereocenters. The molecule has 0 atom stereocenters. The molecule has 0 aromatic heterocycles. The van der Waals surface area contributed by atoms with Gasteiger partial charge in [-0.15, -0.1) is 0 Å². The summed E-state index contributed by atoms with van der Waals surface area (Å²) in [6.45, 7) is 7.92. The van der Waals surface area contributed by atoms with Crippen LogP contribution in [0.5, 0.6) is 0 Å². The molecule has 0 heterocycles. The molecule has 0 saturated carbocycles.